The van der Waals surface area contributed by atoms with Gasteiger partial charge >= 0.3 is 5.97 Å². The Labute approximate surface area is 89.7 Å². The molecule has 70 valence electrons. The predicted octanol–water partition coefficient (Wildman–Crippen LogP) is 3.20. The Hall–Kier alpha value is -0.540. The van der Waals surface area contributed by atoms with E-state index in [-0.39, 0.29) is 6.42 Å². The number of carboxylic acid groups (broad SMARTS) is 1. The molecule has 2 nitrogen and oxygen atoms in total. The second kappa shape index (κ2) is 4.63. The Morgan fingerprint density at radius 3 is 2.85 bits per heavy atom. The van der Waals surface area contributed by atoms with Crippen molar-refractivity contribution in [3.8, 4) is 0 Å². The van der Waals surface area contributed by atoms with Crippen LogP contribution >= 0.6 is 27.5 Å². The van der Waals surface area contributed by atoms with Crippen molar-refractivity contribution in [2.75, 3.05) is 0 Å². The van der Waals surface area contributed by atoms with Crippen molar-refractivity contribution < 1.29 is 9.90 Å². The molecule has 1 rings (SSSR count). The number of carboxylic acids is 1. The molecule has 13 heavy (non-hydrogen) atoms. The first-order valence-corrected chi connectivity index (χ1v) is 4.94. The maximum Gasteiger partial charge on any atom is 0.305 e. The van der Waals surface area contributed by atoms with Gasteiger partial charge < -0.3 is 5.11 Å². The van der Waals surface area contributed by atoms with E-state index in [9.17, 15) is 4.79 Å². The van der Waals surface area contributed by atoms with Gasteiger partial charge in [-0.1, -0.05) is 28.1 Å². The van der Waals surface area contributed by atoms with Gasteiger partial charge in [0.05, 0.1) is 11.8 Å². The zero-order chi connectivity index (χ0) is 9.84. The highest BCUT2D eigenvalue weighted by Crippen LogP contribution is 2.26. The Morgan fingerprint density at radius 1 is 1.62 bits per heavy atom. The van der Waals surface area contributed by atoms with Crippen LogP contribution in [0.15, 0.2) is 28.7 Å². The molecule has 1 unspecified atom stereocenters. The molecule has 1 atom stereocenters. The third-order valence-electron chi connectivity index (χ3n) is 1.56. The van der Waals surface area contributed by atoms with E-state index in [4.69, 9.17) is 16.7 Å². The van der Waals surface area contributed by atoms with Crippen LogP contribution in [-0.2, 0) is 4.79 Å². The zero-order valence-corrected chi connectivity index (χ0v) is 9.05. The summed E-state index contributed by atoms with van der Waals surface area (Å²) in [6.07, 6.45) is -0.0575. The molecule has 1 aromatic rings. The third-order valence-corrected chi connectivity index (χ3v) is 2.46. The number of hydrogen-bond donors (Lipinski definition) is 1. The highest BCUT2D eigenvalue weighted by Gasteiger charge is 2.11. The maximum atomic E-state index is 10.4. The first-order valence-electron chi connectivity index (χ1n) is 3.71. The smallest absolute Gasteiger partial charge is 0.305 e. The Balaban J connectivity index is 2.76. The van der Waals surface area contributed by atoms with E-state index in [2.05, 4.69) is 15.9 Å². The normalized spacial score (nSPS) is 12.5. The van der Waals surface area contributed by atoms with Gasteiger partial charge in [-0.15, -0.1) is 11.6 Å². The minimum Gasteiger partial charge on any atom is -0.481 e. The van der Waals surface area contributed by atoms with Gasteiger partial charge in [-0.3, -0.25) is 4.79 Å². The molecule has 0 aliphatic carbocycles. The largest absolute Gasteiger partial charge is 0.481 e. The molecular formula is C9H8BrClO2. The SMILES string of the molecule is O=C(O)CC(Cl)c1cccc(Br)c1. The van der Waals surface area contributed by atoms with E-state index in [1.54, 1.807) is 0 Å². The van der Waals surface area contributed by atoms with E-state index in [1.807, 2.05) is 24.3 Å². The minimum absolute atomic E-state index is 0.0575. The minimum atomic E-state index is -0.889. The standard InChI is InChI=1S/C9H8BrClO2/c10-7-3-1-2-6(4-7)8(11)5-9(12)13/h1-4,8H,5H2,(H,12,13). The first-order chi connectivity index (χ1) is 6.09. The van der Waals surface area contributed by atoms with E-state index < -0.39 is 11.3 Å². The molecule has 0 heterocycles. The quantitative estimate of drug-likeness (QED) is 0.850. The number of rotatable bonds is 3. The van der Waals surface area contributed by atoms with E-state index in [0.717, 1.165) is 10.0 Å². The van der Waals surface area contributed by atoms with Crippen molar-refractivity contribution >= 4 is 33.5 Å². The average molecular weight is 264 g/mol. The second-order valence-corrected chi connectivity index (χ2v) is 4.06. The molecule has 0 saturated heterocycles. The maximum absolute atomic E-state index is 10.4. The fourth-order valence-electron chi connectivity index (χ4n) is 0.973. The molecule has 0 fully saturated rings. The summed E-state index contributed by atoms with van der Waals surface area (Å²) >= 11 is 9.16. The summed E-state index contributed by atoms with van der Waals surface area (Å²) in [6, 6.07) is 7.33. The summed E-state index contributed by atoms with van der Waals surface area (Å²) in [4.78, 5) is 10.4. The monoisotopic (exact) mass is 262 g/mol. The van der Waals surface area contributed by atoms with Gasteiger partial charge in [-0.2, -0.15) is 0 Å². The number of carbonyl (C=O) groups is 1. The summed E-state index contributed by atoms with van der Waals surface area (Å²) < 4.78 is 0.904. The average Bonchev–Trinajstić information content (AvgIpc) is 2.03. The summed E-state index contributed by atoms with van der Waals surface area (Å²) in [5, 5.41) is 8.06. The van der Waals surface area contributed by atoms with Crippen LogP contribution in [0.1, 0.15) is 17.4 Å². The first kappa shape index (κ1) is 10.5. The van der Waals surface area contributed by atoms with Crippen molar-refractivity contribution in [3.63, 3.8) is 0 Å². The second-order valence-electron chi connectivity index (χ2n) is 2.62. The van der Waals surface area contributed by atoms with Gasteiger partial charge in [-0.05, 0) is 17.7 Å². The number of hydrogen-bond acceptors (Lipinski definition) is 1. The molecular weight excluding hydrogens is 255 g/mol. The Bertz CT molecular complexity index is 314. The highest BCUT2D eigenvalue weighted by atomic mass is 79.9. The zero-order valence-electron chi connectivity index (χ0n) is 6.71. The fourth-order valence-corrected chi connectivity index (χ4v) is 1.66. The van der Waals surface area contributed by atoms with E-state index in [1.165, 1.54) is 0 Å². The van der Waals surface area contributed by atoms with Crippen LogP contribution < -0.4 is 0 Å². The Kier molecular flexibility index (Phi) is 3.75. The third kappa shape index (κ3) is 3.36. The van der Waals surface area contributed by atoms with Crippen molar-refractivity contribution in [3.05, 3.63) is 34.3 Å². The predicted molar refractivity (Wildman–Crippen MR) is 55.0 cm³/mol. The Morgan fingerprint density at radius 2 is 2.31 bits per heavy atom. The van der Waals surface area contributed by atoms with Crippen molar-refractivity contribution in [2.45, 2.75) is 11.8 Å². The van der Waals surface area contributed by atoms with Crippen LogP contribution in [0.4, 0.5) is 0 Å². The van der Waals surface area contributed by atoms with Crippen LogP contribution in [0.25, 0.3) is 0 Å². The summed E-state index contributed by atoms with van der Waals surface area (Å²) in [6.45, 7) is 0. The molecule has 0 aliphatic rings. The lowest BCUT2D eigenvalue weighted by Crippen LogP contribution is -2.00. The number of benzene rings is 1. The molecule has 4 heteroatoms. The molecule has 0 aliphatic heterocycles. The molecule has 1 N–H and O–H groups in total. The summed E-state index contributed by atoms with van der Waals surface area (Å²) in [7, 11) is 0. The number of halogens is 2. The number of alkyl halides is 1. The molecule has 0 amide bonds. The summed E-state index contributed by atoms with van der Waals surface area (Å²) in [5.41, 5.74) is 0.818. The molecule has 0 saturated carbocycles. The number of aliphatic carboxylic acids is 1. The lowest BCUT2D eigenvalue weighted by atomic mass is 10.1. The van der Waals surface area contributed by atoms with Crippen LogP contribution in [-0.4, -0.2) is 11.1 Å². The lowest BCUT2D eigenvalue weighted by molar-refractivity contribution is -0.137. The van der Waals surface area contributed by atoms with E-state index >= 15 is 0 Å². The van der Waals surface area contributed by atoms with Gasteiger partial charge in [0.1, 0.15) is 0 Å². The van der Waals surface area contributed by atoms with Crippen LogP contribution in [0.5, 0.6) is 0 Å². The van der Waals surface area contributed by atoms with Crippen LogP contribution in [0, 0.1) is 0 Å². The molecule has 0 radical (unpaired) electrons. The van der Waals surface area contributed by atoms with Gasteiger partial charge in [0.25, 0.3) is 0 Å². The lowest BCUT2D eigenvalue weighted by Gasteiger charge is -2.06. The molecule has 0 spiro atoms. The van der Waals surface area contributed by atoms with Gasteiger partial charge in [-0.25, -0.2) is 0 Å². The molecule has 0 bridgehead atoms. The van der Waals surface area contributed by atoms with Gasteiger partial charge in [0, 0.05) is 4.47 Å². The molecule has 1 aromatic carbocycles. The topological polar surface area (TPSA) is 37.3 Å². The van der Waals surface area contributed by atoms with Gasteiger partial charge in [0.15, 0.2) is 0 Å². The van der Waals surface area contributed by atoms with Crippen LogP contribution in [0.3, 0.4) is 0 Å². The van der Waals surface area contributed by atoms with Crippen molar-refractivity contribution in [1.29, 1.82) is 0 Å². The highest BCUT2D eigenvalue weighted by molar-refractivity contribution is 9.10. The summed E-state index contributed by atoms with van der Waals surface area (Å²) in [5.74, 6) is -0.889. The molecule has 0 aromatic heterocycles. The van der Waals surface area contributed by atoms with E-state index in [0.29, 0.717) is 0 Å². The van der Waals surface area contributed by atoms with Gasteiger partial charge in [0.2, 0.25) is 0 Å². The van der Waals surface area contributed by atoms with Crippen molar-refractivity contribution in [2.24, 2.45) is 0 Å². The van der Waals surface area contributed by atoms with Crippen molar-refractivity contribution in [1.82, 2.24) is 0 Å². The van der Waals surface area contributed by atoms with Crippen LogP contribution in [0.2, 0.25) is 0 Å². The fraction of sp³-hybridized carbons (Fsp3) is 0.222.